The summed E-state index contributed by atoms with van der Waals surface area (Å²) in [5.41, 5.74) is 2.14. The zero-order chi connectivity index (χ0) is 16.4. The van der Waals surface area contributed by atoms with Crippen molar-refractivity contribution in [2.75, 3.05) is 16.0 Å². The molecule has 5 N–H and O–H groups in total. The van der Waals surface area contributed by atoms with Gasteiger partial charge in [0.1, 0.15) is 6.17 Å². The Labute approximate surface area is 130 Å². The highest BCUT2D eigenvalue weighted by atomic mass is 16.2. The third-order valence-electron chi connectivity index (χ3n) is 4.34. The second-order valence-corrected chi connectivity index (χ2v) is 6.29. The first-order valence-electron chi connectivity index (χ1n) is 7.21. The molecule has 0 radical (unpaired) electrons. The molecule has 1 unspecified atom stereocenters. The van der Waals surface area contributed by atoms with Crippen molar-refractivity contribution in [1.29, 1.82) is 0 Å². The van der Waals surface area contributed by atoms with Gasteiger partial charge < -0.3 is 20.9 Å². The van der Waals surface area contributed by atoms with Crippen molar-refractivity contribution in [3.05, 3.63) is 50.3 Å². The Balaban J connectivity index is 1.73. The van der Waals surface area contributed by atoms with Crippen molar-refractivity contribution in [3.8, 4) is 0 Å². The maximum absolute atomic E-state index is 12.0. The first-order valence-corrected chi connectivity index (χ1v) is 7.21. The molecule has 8 heteroatoms. The number of fused-ring (bicyclic) bond motifs is 2. The summed E-state index contributed by atoms with van der Waals surface area (Å²) in [6, 6.07) is 5.10. The number of carbonyl (C=O) groups excluding carboxylic acids is 1. The van der Waals surface area contributed by atoms with E-state index < -0.39 is 22.8 Å². The molecule has 3 heterocycles. The summed E-state index contributed by atoms with van der Waals surface area (Å²) in [6.07, 6.45) is -0.415. The number of aromatic nitrogens is 2. The summed E-state index contributed by atoms with van der Waals surface area (Å²) >= 11 is 0. The Morgan fingerprint density at radius 2 is 1.61 bits per heavy atom. The van der Waals surface area contributed by atoms with Crippen LogP contribution in [0.5, 0.6) is 0 Å². The first-order chi connectivity index (χ1) is 10.8. The molecule has 0 bridgehead atoms. The molecule has 0 spiro atoms. The molecule has 1 aromatic carbocycles. The van der Waals surface area contributed by atoms with Gasteiger partial charge >= 0.3 is 5.69 Å². The average molecular weight is 313 g/mol. The molecule has 23 heavy (non-hydrogen) atoms. The molecular formula is C15H15N5O3. The smallest absolute Gasteiger partial charge is 0.326 e. The molecule has 1 atom stereocenters. The van der Waals surface area contributed by atoms with Crippen molar-refractivity contribution in [3.63, 3.8) is 0 Å². The monoisotopic (exact) mass is 313 g/mol. The molecule has 2 aromatic rings. The number of anilines is 3. The van der Waals surface area contributed by atoms with Crippen LogP contribution in [-0.2, 0) is 10.2 Å². The van der Waals surface area contributed by atoms with Crippen molar-refractivity contribution in [1.82, 2.24) is 9.97 Å². The van der Waals surface area contributed by atoms with E-state index in [1.165, 1.54) is 6.07 Å². The van der Waals surface area contributed by atoms with Gasteiger partial charge in [-0.25, -0.2) is 4.79 Å². The molecule has 8 nitrogen and oxygen atoms in total. The van der Waals surface area contributed by atoms with E-state index >= 15 is 0 Å². The summed E-state index contributed by atoms with van der Waals surface area (Å²) in [4.78, 5) is 39.6. The second-order valence-electron chi connectivity index (χ2n) is 6.29. The van der Waals surface area contributed by atoms with Crippen molar-refractivity contribution < 1.29 is 4.79 Å². The lowest BCUT2D eigenvalue weighted by atomic mass is 9.86. The van der Waals surface area contributed by atoms with Crippen molar-refractivity contribution >= 4 is 23.0 Å². The van der Waals surface area contributed by atoms with E-state index in [2.05, 4.69) is 25.9 Å². The lowest BCUT2D eigenvalue weighted by Gasteiger charge is -2.15. The fourth-order valence-electron chi connectivity index (χ4n) is 3.01. The van der Waals surface area contributed by atoms with Crippen LogP contribution in [0.3, 0.4) is 0 Å². The summed E-state index contributed by atoms with van der Waals surface area (Å²) in [5.74, 6) is -0.0355. The SMILES string of the molecule is CC1(C)C(=O)Nc2cc3c(cc21)NC(c1cc(=O)[nH]c(=O)[nH]1)N3. The van der Waals surface area contributed by atoms with Gasteiger partial charge in [-0.2, -0.15) is 0 Å². The van der Waals surface area contributed by atoms with Crippen LogP contribution in [0.2, 0.25) is 0 Å². The Morgan fingerprint density at radius 1 is 0.913 bits per heavy atom. The molecule has 118 valence electrons. The molecule has 0 aliphatic carbocycles. The normalized spacial score (nSPS) is 20.3. The van der Waals surface area contributed by atoms with Gasteiger partial charge in [-0.3, -0.25) is 14.6 Å². The minimum absolute atomic E-state index is 0.0355. The predicted molar refractivity (Wildman–Crippen MR) is 85.8 cm³/mol. The Bertz CT molecular complexity index is 928. The van der Waals surface area contributed by atoms with Gasteiger partial charge in [-0.05, 0) is 31.5 Å². The minimum Gasteiger partial charge on any atom is -0.359 e. The van der Waals surface area contributed by atoms with Gasteiger partial charge in [0.25, 0.3) is 5.56 Å². The van der Waals surface area contributed by atoms with Gasteiger partial charge in [-0.1, -0.05) is 0 Å². The van der Waals surface area contributed by atoms with Gasteiger partial charge in [0.2, 0.25) is 5.91 Å². The molecule has 4 rings (SSSR count). The number of hydrogen-bond donors (Lipinski definition) is 5. The molecule has 0 fully saturated rings. The summed E-state index contributed by atoms with van der Waals surface area (Å²) < 4.78 is 0. The highest BCUT2D eigenvalue weighted by Crippen LogP contribution is 2.45. The van der Waals surface area contributed by atoms with Gasteiger partial charge in [0.05, 0.1) is 22.5 Å². The summed E-state index contributed by atoms with van der Waals surface area (Å²) in [5, 5.41) is 9.28. The van der Waals surface area contributed by atoms with Crippen LogP contribution in [0.1, 0.15) is 31.3 Å². The lowest BCUT2D eigenvalue weighted by Crippen LogP contribution is -2.27. The van der Waals surface area contributed by atoms with Crippen molar-refractivity contribution in [2.45, 2.75) is 25.4 Å². The minimum atomic E-state index is -0.595. The van der Waals surface area contributed by atoms with E-state index in [4.69, 9.17) is 0 Å². The molecule has 0 saturated heterocycles. The highest BCUT2D eigenvalue weighted by Gasteiger charge is 2.40. The zero-order valence-corrected chi connectivity index (χ0v) is 12.5. The van der Waals surface area contributed by atoms with Gasteiger partial charge in [-0.15, -0.1) is 0 Å². The third kappa shape index (κ3) is 1.95. The summed E-state index contributed by atoms with van der Waals surface area (Å²) in [6.45, 7) is 3.74. The molecule has 2 aliphatic rings. The number of nitrogens with one attached hydrogen (secondary N) is 5. The van der Waals surface area contributed by atoms with Crippen LogP contribution < -0.4 is 27.2 Å². The Hall–Kier alpha value is -3.03. The maximum Gasteiger partial charge on any atom is 0.326 e. The van der Waals surface area contributed by atoms with E-state index in [-0.39, 0.29) is 5.91 Å². The van der Waals surface area contributed by atoms with E-state index in [1.807, 2.05) is 26.0 Å². The number of carbonyl (C=O) groups is 1. The van der Waals surface area contributed by atoms with Crippen molar-refractivity contribution in [2.24, 2.45) is 0 Å². The number of hydrogen-bond acceptors (Lipinski definition) is 5. The van der Waals surface area contributed by atoms with Crippen LogP contribution in [0.4, 0.5) is 17.1 Å². The van der Waals surface area contributed by atoms with Gasteiger partial charge in [0, 0.05) is 11.8 Å². The molecule has 0 saturated carbocycles. The van der Waals surface area contributed by atoms with Crippen LogP contribution in [0.25, 0.3) is 0 Å². The topological polar surface area (TPSA) is 119 Å². The Kier molecular flexibility index (Phi) is 2.52. The van der Waals surface area contributed by atoms with E-state index in [0.717, 1.165) is 22.6 Å². The number of amides is 1. The third-order valence-corrected chi connectivity index (χ3v) is 4.34. The number of rotatable bonds is 1. The van der Waals surface area contributed by atoms with E-state index in [9.17, 15) is 14.4 Å². The van der Waals surface area contributed by atoms with Crippen LogP contribution in [-0.4, -0.2) is 15.9 Å². The largest absolute Gasteiger partial charge is 0.359 e. The number of benzene rings is 1. The van der Waals surface area contributed by atoms with E-state index in [1.54, 1.807) is 0 Å². The Morgan fingerprint density at radius 3 is 2.30 bits per heavy atom. The fraction of sp³-hybridized carbons (Fsp3) is 0.267. The zero-order valence-electron chi connectivity index (χ0n) is 12.5. The van der Waals surface area contributed by atoms with Crippen LogP contribution in [0, 0.1) is 0 Å². The number of aromatic amines is 2. The standard InChI is InChI=1S/C15H15N5O3/c1-15(2)6-3-8-9(4-7(6)18-13(15)22)17-12(16-8)10-5-11(21)20-14(23)19-10/h3-5,12,16-17H,1-2H3,(H,18,22)(H2,19,20,21,23). The number of H-pyrrole nitrogens is 2. The molecule has 1 amide bonds. The quantitative estimate of drug-likeness (QED) is 0.534. The van der Waals surface area contributed by atoms with Crippen LogP contribution in [0.15, 0.2) is 27.8 Å². The average Bonchev–Trinajstić information content (AvgIpc) is 2.96. The molecular weight excluding hydrogens is 298 g/mol. The fourth-order valence-corrected chi connectivity index (χ4v) is 3.01. The lowest BCUT2D eigenvalue weighted by molar-refractivity contribution is -0.119. The van der Waals surface area contributed by atoms with E-state index in [0.29, 0.717) is 5.69 Å². The highest BCUT2D eigenvalue weighted by molar-refractivity contribution is 6.07. The van der Waals surface area contributed by atoms with Crippen LogP contribution >= 0.6 is 0 Å². The second kappa shape index (κ2) is 4.25. The first kappa shape index (κ1) is 13.6. The molecule has 1 aromatic heterocycles. The van der Waals surface area contributed by atoms with Gasteiger partial charge in [0.15, 0.2) is 0 Å². The maximum atomic E-state index is 12.0. The predicted octanol–water partition coefficient (Wildman–Crippen LogP) is 0.829. The summed E-state index contributed by atoms with van der Waals surface area (Å²) in [7, 11) is 0. The molecule has 2 aliphatic heterocycles.